The molecule has 1 aliphatic heterocycles. The molecular formula is C12H17N3O3. The number of H-pyrrole nitrogens is 1. The van der Waals surface area contributed by atoms with Crippen LogP contribution in [0.4, 0.5) is 4.79 Å². The van der Waals surface area contributed by atoms with Crippen LogP contribution in [0, 0.1) is 0 Å². The van der Waals surface area contributed by atoms with Gasteiger partial charge in [-0.25, -0.2) is 14.6 Å². The molecule has 6 nitrogen and oxygen atoms in total. The molecule has 2 heterocycles. The third-order valence-corrected chi connectivity index (χ3v) is 2.53. The van der Waals surface area contributed by atoms with Gasteiger partial charge in [-0.2, -0.15) is 0 Å². The summed E-state index contributed by atoms with van der Waals surface area (Å²) in [6, 6.07) is -0.0987. The van der Waals surface area contributed by atoms with Crippen LogP contribution < -0.4 is 5.69 Å². The van der Waals surface area contributed by atoms with Gasteiger partial charge in [0, 0.05) is 30.9 Å². The lowest BCUT2D eigenvalue weighted by atomic mass is 9.97. The van der Waals surface area contributed by atoms with Crippen molar-refractivity contribution in [3.8, 4) is 0 Å². The van der Waals surface area contributed by atoms with Gasteiger partial charge in [-0.3, -0.25) is 0 Å². The Kier molecular flexibility index (Phi) is 2.49. The van der Waals surface area contributed by atoms with Crippen LogP contribution in [-0.4, -0.2) is 39.7 Å². The molecule has 1 saturated heterocycles. The highest BCUT2D eigenvalue weighted by molar-refractivity contribution is 5.69. The topological polar surface area (TPSA) is 75.3 Å². The summed E-state index contributed by atoms with van der Waals surface area (Å²) in [5.41, 5.74) is -0.839. The zero-order chi connectivity index (χ0) is 15.1. The van der Waals surface area contributed by atoms with Gasteiger partial charge < -0.3 is 14.6 Å². The van der Waals surface area contributed by atoms with Crippen molar-refractivity contribution in [1.82, 2.24) is 14.9 Å². The molecule has 1 fully saturated rings. The van der Waals surface area contributed by atoms with Crippen molar-refractivity contribution in [2.45, 2.75) is 32.3 Å². The zero-order valence-electron chi connectivity index (χ0n) is 12.6. The number of amides is 1. The summed E-state index contributed by atoms with van der Waals surface area (Å²) in [6.07, 6.45) is -0.762. The largest absolute Gasteiger partial charge is 0.444 e. The second kappa shape index (κ2) is 4.44. The summed E-state index contributed by atoms with van der Waals surface area (Å²) in [6.45, 7) is 6.09. The van der Waals surface area contributed by atoms with E-state index in [1.54, 1.807) is 20.8 Å². The predicted molar refractivity (Wildman–Crippen MR) is 65.4 cm³/mol. The molecule has 1 aliphatic rings. The highest BCUT2D eigenvalue weighted by atomic mass is 16.6. The number of aromatic amines is 1. The first-order chi connectivity index (χ1) is 9.17. The van der Waals surface area contributed by atoms with Crippen LogP contribution in [0.1, 0.15) is 35.1 Å². The predicted octanol–water partition coefficient (Wildman–Crippen LogP) is 1.10. The quantitative estimate of drug-likeness (QED) is 0.813. The van der Waals surface area contributed by atoms with Gasteiger partial charge in [0.25, 0.3) is 0 Å². The summed E-state index contributed by atoms with van der Waals surface area (Å²) in [7, 11) is 0. The fraction of sp³-hybridized carbons (Fsp3) is 0.583. The molecule has 0 unspecified atom stereocenters. The molecule has 18 heavy (non-hydrogen) atoms. The van der Waals surface area contributed by atoms with E-state index in [1.807, 2.05) is 0 Å². The molecular weight excluding hydrogens is 234 g/mol. The maximum absolute atomic E-state index is 11.8. The van der Waals surface area contributed by atoms with E-state index < -0.39 is 17.4 Å². The molecule has 98 valence electrons. The van der Waals surface area contributed by atoms with Gasteiger partial charge >= 0.3 is 11.8 Å². The standard InChI is InChI=1S/C12H17N3O3/c1-12(2,3)18-11(17)15-6-8(7-15)9-4-5-13-10(16)14-9/h4-5,8H,6-7H2,1-3H3,(H,13,14,16)/i4D,5D. The van der Waals surface area contributed by atoms with Crippen molar-refractivity contribution >= 4 is 6.09 Å². The van der Waals surface area contributed by atoms with Gasteiger partial charge in [-0.05, 0) is 26.8 Å². The Morgan fingerprint density at radius 1 is 1.61 bits per heavy atom. The van der Waals surface area contributed by atoms with Crippen molar-refractivity contribution in [2.75, 3.05) is 13.1 Å². The number of nitrogens with zero attached hydrogens (tertiary/aromatic N) is 2. The molecule has 0 atom stereocenters. The van der Waals surface area contributed by atoms with Crippen molar-refractivity contribution < 1.29 is 12.3 Å². The normalized spacial score (nSPS) is 17.8. The summed E-state index contributed by atoms with van der Waals surface area (Å²) >= 11 is 0. The fourth-order valence-electron chi connectivity index (χ4n) is 1.65. The first-order valence-electron chi connectivity index (χ1n) is 6.72. The maximum Gasteiger partial charge on any atom is 0.410 e. The van der Waals surface area contributed by atoms with Crippen molar-refractivity contribution in [3.63, 3.8) is 0 Å². The van der Waals surface area contributed by atoms with Crippen molar-refractivity contribution in [1.29, 1.82) is 0 Å². The number of hydrogen-bond acceptors (Lipinski definition) is 4. The van der Waals surface area contributed by atoms with Gasteiger partial charge in [-0.1, -0.05) is 0 Å². The molecule has 6 heteroatoms. The molecule has 0 aliphatic carbocycles. The fourth-order valence-corrected chi connectivity index (χ4v) is 1.65. The molecule has 1 aromatic rings. The Morgan fingerprint density at radius 3 is 2.89 bits per heavy atom. The van der Waals surface area contributed by atoms with Crippen LogP contribution in [0.3, 0.4) is 0 Å². The van der Waals surface area contributed by atoms with Crippen LogP contribution in [-0.2, 0) is 4.74 Å². The van der Waals surface area contributed by atoms with Crippen molar-refractivity contribution in [2.24, 2.45) is 0 Å². The van der Waals surface area contributed by atoms with E-state index in [2.05, 4.69) is 9.97 Å². The first-order valence-corrected chi connectivity index (χ1v) is 5.72. The summed E-state index contributed by atoms with van der Waals surface area (Å²) in [4.78, 5) is 30.3. The summed E-state index contributed by atoms with van der Waals surface area (Å²) in [5, 5.41) is 0. The van der Waals surface area contributed by atoms with E-state index in [4.69, 9.17) is 7.48 Å². The molecule has 1 aromatic heterocycles. The minimum atomic E-state index is -0.642. The molecule has 0 radical (unpaired) electrons. The Balaban J connectivity index is 2.04. The number of carbonyl (C=O) groups is 1. The molecule has 1 N–H and O–H groups in total. The second-order valence-corrected chi connectivity index (χ2v) is 5.27. The van der Waals surface area contributed by atoms with E-state index in [-0.39, 0.29) is 18.1 Å². The number of rotatable bonds is 1. The SMILES string of the molecule is [2H]c1nc(=O)[nH]c(C2CN(C(=O)OC(C)(C)C)C2)c1[2H]. The highest BCUT2D eigenvalue weighted by Crippen LogP contribution is 2.26. The number of nitrogens with one attached hydrogen (secondary N) is 1. The molecule has 0 spiro atoms. The molecule has 0 aromatic carbocycles. The Labute approximate surface area is 108 Å². The Morgan fingerprint density at radius 2 is 2.28 bits per heavy atom. The van der Waals surface area contributed by atoms with Crippen molar-refractivity contribution in [3.05, 3.63) is 28.4 Å². The van der Waals surface area contributed by atoms with E-state index in [9.17, 15) is 9.59 Å². The van der Waals surface area contributed by atoms with Crippen LogP contribution in [0.2, 0.25) is 0 Å². The van der Waals surface area contributed by atoms with E-state index in [0.29, 0.717) is 18.8 Å². The maximum atomic E-state index is 11.8. The van der Waals surface area contributed by atoms with Gasteiger partial charge in [-0.15, -0.1) is 0 Å². The van der Waals surface area contributed by atoms with Gasteiger partial charge in [0.1, 0.15) is 5.60 Å². The lowest BCUT2D eigenvalue weighted by Gasteiger charge is -2.39. The van der Waals surface area contributed by atoms with E-state index in [1.165, 1.54) is 4.90 Å². The Bertz CT molecular complexity index is 589. The van der Waals surface area contributed by atoms with Gasteiger partial charge in [0.15, 0.2) is 0 Å². The Hall–Kier alpha value is -1.85. The van der Waals surface area contributed by atoms with E-state index in [0.717, 1.165) is 0 Å². The molecule has 0 bridgehead atoms. The van der Waals surface area contributed by atoms with Crippen LogP contribution in [0.15, 0.2) is 17.0 Å². The van der Waals surface area contributed by atoms with Gasteiger partial charge in [0.05, 0.1) is 2.74 Å². The average molecular weight is 253 g/mol. The lowest BCUT2D eigenvalue weighted by Crippen LogP contribution is -2.50. The number of hydrogen-bond donors (Lipinski definition) is 1. The monoisotopic (exact) mass is 253 g/mol. The highest BCUT2D eigenvalue weighted by Gasteiger charge is 2.34. The number of likely N-dealkylation sites (tertiary alicyclic amines) is 1. The average Bonchev–Trinajstić information content (AvgIpc) is 2.20. The first kappa shape index (κ1) is 10.1. The lowest BCUT2D eigenvalue weighted by molar-refractivity contribution is 0.00785. The zero-order valence-corrected chi connectivity index (χ0v) is 10.6. The number of carbonyl (C=O) groups excluding carboxylic acids is 1. The summed E-state index contributed by atoms with van der Waals surface area (Å²) < 4.78 is 20.4. The third kappa shape index (κ3) is 2.88. The van der Waals surface area contributed by atoms with E-state index >= 15 is 0 Å². The smallest absolute Gasteiger partial charge is 0.410 e. The minimum Gasteiger partial charge on any atom is -0.444 e. The molecule has 1 amide bonds. The molecule has 0 saturated carbocycles. The van der Waals surface area contributed by atoms with Crippen LogP contribution in [0.25, 0.3) is 0 Å². The summed E-state index contributed by atoms with van der Waals surface area (Å²) in [5.74, 6) is -0.158. The van der Waals surface area contributed by atoms with Gasteiger partial charge in [0.2, 0.25) is 0 Å². The number of ether oxygens (including phenoxy) is 1. The third-order valence-electron chi connectivity index (χ3n) is 2.53. The minimum absolute atomic E-state index is 0.0987. The second-order valence-electron chi connectivity index (χ2n) is 5.27. The van der Waals surface area contributed by atoms with Crippen LogP contribution >= 0.6 is 0 Å². The number of aromatic nitrogens is 2. The molecule has 2 rings (SSSR count). The van der Waals surface area contributed by atoms with Crippen LogP contribution in [0.5, 0.6) is 0 Å².